The average Bonchev–Trinajstić information content (AvgIpc) is 2.42. The summed E-state index contributed by atoms with van der Waals surface area (Å²) in [6, 6.07) is 0. The predicted octanol–water partition coefficient (Wildman–Crippen LogP) is 1.27. The molecule has 2 bridgehead atoms. The van der Waals surface area contributed by atoms with Crippen molar-refractivity contribution in [1.82, 2.24) is 0 Å². The van der Waals surface area contributed by atoms with E-state index in [4.69, 9.17) is 6.42 Å². The number of fused-ring (bicyclic) bond motifs is 2. The maximum absolute atomic E-state index is 11.7. The Morgan fingerprint density at radius 2 is 1.93 bits per heavy atom. The number of ketones is 1. The summed E-state index contributed by atoms with van der Waals surface area (Å²) in [4.78, 5) is 11.6. The van der Waals surface area contributed by atoms with Gasteiger partial charge >= 0.3 is 0 Å². The van der Waals surface area contributed by atoms with E-state index in [9.17, 15) is 9.00 Å². The number of Topliss-reactive ketones (excluding diaryl/α,β-unsaturated/α-hetero) is 1. The molecule has 0 saturated carbocycles. The highest BCUT2D eigenvalue weighted by atomic mass is 32.2. The second-order valence-corrected chi connectivity index (χ2v) is 6.16. The molecule has 2 heterocycles. The SMILES string of the molecule is C#CCC(=O)C1CC2CCC(C1)S2=O. The molecule has 0 spiro atoms. The minimum atomic E-state index is -0.664. The van der Waals surface area contributed by atoms with Gasteiger partial charge in [0.05, 0.1) is 6.42 Å². The van der Waals surface area contributed by atoms with Gasteiger partial charge in [0, 0.05) is 27.2 Å². The van der Waals surface area contributed by atoms with Gasteiger partial charge in [-0.3, -0.25) is 9.00 Å². The highest BCUT2D eigenvalue weighted by molar-refractivity contribution is 7.86. The third kappa shape index (κ3) is 1.64. The summed E-state index contributed by atoms with van der Waals surface area (Å²) in [6.45, 7) is 0. The van der Waals surface area contributed by atoms with Crippen molar-refractivity contribution in [3.8, 4) is 12.3 Å². The molecule has 0 aliphatic carbocycles. The lowest BCUT2D eigenvalue weighted by Gasteiger charge is -2.25. The topological polar surface area (TPSA) is 34.1 Å². The van der Waals surface area contributed by atoms with E-state index >= 15 is 0 Å². The first kappa shape index (κ1) is 9.92. The van der Waals surface area contributed by atoms with Gasteiger partial charge in [-0.15, -0.1) is 6.42 Å². The van der Waals surface area contributed by atoms with Crippen LogP contribution in [0.2, 0.25) is 0 Å². The van der Waals surface area contributed by atoms with Gasteiger partial charge in [0.1, 0.15) is 5.78 Å². The van der Waals surface area contributed by atoms with E-state index in [0.29, 0.717) is 0 Å². The largest absolute Gasteiger partial charge is 0.298 e. The van der Waals surface area contributed by atoms with Crippen LogP contribution in [0.3, 0.4) is 0 Å². The maximum Gasteiger partial charge on any atom is 0.147 e. The molecule has 76 valence electrons. The van der Waals surface area contributed by atoms with E-state index in [0.717, 1.165) is 25.7 Å². The highest BCUT2D eigenvalue weighted by Crippen LogP contribution is 2.39. The van der Waals surface area contributed by atoms with Gasteiger partial charge in [-0.25, -0.2) is 0 Å². The molecule has 2 aliphatic rings. The molecule has 2 rings (SSSR count). The molecule has 0 aromatic rings. The molecule has 3 heteroatoms. The Labute approximate surface area is 86.9 Å². The van der Waals surface area contributed by atoms with Gasteiger partial charge in [-0.05, 0) is 25.7 Å². The number of hydrogen-bond donors (Lipinski definition) is 0. The first-order valence-corrected chi connectivity index (χ1v) is 6.35. The number of terminal acetylenes is 1. The Kier molecular flexibility index (Phi) is 2.73. The van der Waals surface area contributed by atoms with E-state index in [1.165, 1.54) is 0 Å². The zero-order valence-electron chi connectivity index (χ0n) is 8.07. The zero-order valence-corrected chi connectivity index (χ0v) is 8.89. The lowest BCUT2D eigenvalue weighted by Crippen LogP contribution is -2.32. The molecular weight excluding hydrogens is 196 g/mol. The van der Waals surface area contributed by atoms with Crippen LogP contribution in [0.25, 0.3) is 0 Å². The fraction of sp³-hybridized carbons (Fsp3) is 0.727. The number of rotatable bonds is 2. The Hall–Kier alpha value is -0.620. The van der Waals surface area contributed by atoms with Crippen LogP contribution < -0.4 is 0 Å². The third-order valence-corrected chi connectivity index (χ3v) is 5.46. The van der Waals surface area contributed by atoms with Crippen LogP contribution in [0.15, 0.2) is 0 Å². The molecule has 2 fully saturated rings. The summed E-state index contributed by atoms with van der Waals surface area (Å²) in [5.74, 6) is 2.68. The van der Waals surface area contributed by atoms with Crippen LogP contribution in [0.4, 0.5) is 0 Å². The fourth-order valence-corrected chi connectivity index (χ4v) is 4.67. The van der Waals surface area contributed by atoms with Gasteiger partial charge in [0.25, 0.3) is 0 Å². The quantitative estimate of drug-likeness (QED) is 0.643. The Morgan fingerprint density at radius 1 is 1.36 bits per heavy atom. The second kappa shape index (κ2) is 3.86. The Morgan fingerprint density at radius 3 is 2.43 bits per heavy atom. The maximum atomic E-state index is 11.7. The summed E-state index contributed by atoms with van der Waals surface area (Å²) in [5.41, 5.74) is 0. The molecular formula is C11H14O2S. The summed E-state index contributed by atoms with van der Waals surface area (Å²) >= 11 is 0. The Balaban J connectivity index is 2.03. The van der Waals surface area contributed by atoms with Crippen molar-refractivity contribution in [2.45, 2.75) is 42.6 Å². The van der Waals surface area contributed by atoms with Crippen LogP contribution in [0, 0.1) is 18.3 Å². The molecule has 2 atom stereocenters. The molecule has 2 nitrogen and oxygen atoms in total. The zero-order chi connectivity index (χ0) is 10.1. The second-order valence-electron chi connectivity index (χ2n) is 4.17. The first-order chi connectivity index (χ1) is 6.72. The van der Waals surface area contributed by atoms with E-state index in [-0.39, 0.29) is 28.6 Å². The summed E-state index contributed by atoms with van der Waals surface area (Å²) in [6.07, 6.45) is 9.06. The van der Waals surface area contributed by atoms with Crippen molar-refractivity contribution in [3.05, 3.63) is 0 Å². The molecule has 2 saturated heterocycles. The fourth-order valence-electron chi connectivity index (χ4n) is 2.54. The number of carbonyl (C=O) groups excluding carboxylic acids is 1. The minimum absolute atomic E-state index is 0.0984. The van der Waals surface area contributed by atoms with Gasteiger partial charge in [0.2, 0.25) is 0 Å². The van der Waals surface area contributed by atoms with Crippen LogP contribution in [0.5, 0.6) is 0 Å². The van der Waals surface area contributed by atoms with Crippen molar-refractivity contribution >= 4 is 16.6 Å². The number of hydrogen-bond acceptors (Lipinski definition) is 2. The normalized spacial score (nSPS) is 40.5. The Bertz CT molecular complexity index is 300. The monoisotopic (exact) mass is 210 g/mol. The lowest BCUT2D eigenvalue weighted by molar-refractivity contribution is -0.122. The summed E-state index contributed by atoms with van der Waals surface area (Å²) in [7, 11) is -0.664. The van der Waals surface area contributed by atoms with Gasteiger partial charge in [-0.1, -0.05) is 5.92 Å². The third-order valence-electron chi connectivity index (χ3n) is 3.29. The van der Waals surface area contributed by atoms with Crippen molar-refractivity contribution in [1.29, 1.82) is 0 Å². The molecule has 0 amide bonds. The molecule has 0 N–H and O–H groups in total. The van der Waals surface area contributed by atoms with Crippen molar-refractivity contribution < 1.29 is 9.00 Å². The molecule has 0 aromatic heterocycles. The van der Waals surface area contributed by atoms with Crippen molar-refractivity contribution in [2.75, 3.05) is 0 Å². The minimum Gasteiger partial charge on any atom is -0.298 e. The first-order valence-electron chi connectivity index (χ1n) is 5.08. The van der Waals surface area contributed by atoms with Crippen molar-refractivity contribution in [2.24, 2.45) is 5.92 Å². The highest BCUT2D eigenvalue weighted by Gasteiger charge is 2.42. The smallest absolute Gasteiger partial charge is 0.147 e. The van der Waals surface area contributed by atoms with Gasteiger partial charge in [0.15, 0.2) is 0 Å². The molecule has 14 heavy (non-hydrogen) atoms. The lowest BCUT2D eigenvalue weighted by atomic mass is 9.93. The van der Waals surface area contributed by atoms with Crippen LogP contribution in [-0.2, 0) is 15.6 Å². The van der Waals surface area contributed by atoms with Crippen LogP contribution >= 0.6 is 0 Å². The van der Waals surface area contributed by atoms with Gasteiger partial charge < -0.3 is 0 Å². The molecule has 0 radical (unpaired) electrons. The summed E-state index contributed by atoms with van der Waals surface area (Å²) in [5, 5.41) is 0.556. The average molecular weight is 210 g/mol. The van der Waals surface area contributed by atoms with E-state index in [1.54, 1.807) is 0 Å². The number of carbonyl (C=O) groups is 1. The van der Waals surface area contributed by atoms with Crippen molar-refractivity contribution in [3.63, 3.8) is 0 Å². The molecule has 2 aliphatic heterocycles. The van der Waals surface area contributed by atoms with Gasteiger partial charge in [-0.2, -0.15) is 0 Å². The standard InChI is InChI=1S/C11H14O2S/c1-2-3-11(12)8-6-9-4-5-10(7-8)14(9)13/h1,8-10H,3-7H2. The van der Waals surface area contributed by atoms with E-state index in [1.807, 2.05) is 0 Å². The summed E-state index contributed by atoms with van der Waals surface area (Å²) < 4.78 is 11.7. The molecule has 2 unspecified atom stereocenters. The van der Waals surface area contributed by atoms with E-state index in [2.05, 4.69) is 5.92 Å². The van der Waals surface area contributed by atoms with Crippen LogP contribution in [0.1, 0.15) is 32.1 Å². The van der Waals surface area contributed by atoms with Crippen LogP contribution in [-0.4, -0.2) is 20.5 Å². The predicted molar refractivity (Wildman–Crippen MR) is 56.1 cm³/mol. The van der Waals surface area contributed by atoms with E-state index < -0.39 is 10.8 Å². The molecule has 0 aromatic carbocycles.